The summed E-state index contributed by atoms with van der Waals surface area (Å²) in [5, 5.41) is 7.57. The lowest BCUT2D eigenvalue weighted by Crippen LogP contribution is -2.43. The molecule has 1 N–H and O–H groups in total. The van der Waals surface area contributed by atoms with Gasteiger partial charge in [0.2, 0.25) is 0 Å². The van der Waals surface area contributed by atoms with Crippen LogP contribution in [0.2, 0.25) is 0 Å². The normalized spacial score (nSPS) is 19.4. The van der Waals surface area contributed by atoms with E-state index in [4.69, 9.17) is 4.74 Å². The van der Waals surface area contributed by atoms with Crippen LogP contribution in [0.1, 0.15) is 42.1 Å². The molecule has 27 heavy (non-hydrogen) atoms. The van der Waals surface area contributed by atoms with Crippen LogP contribution in [0.3, 0.4) is 0 Å². The molecule has 138 valence electrons. The van der Waals surface area contributed by atoms with E-state index in [1.807, 2.05) is 29.1 Å². The Morgan fingerprint density at radius 2 is 1.89 bits per heavy atom. The van der Waals surface area contributed by atoms with E-state index < -0.39 is 0 Å². The molecular weight excluding hydrogens is 340 g/mol. The number of benzene rings is 1. The van der Waals surface area contributed by atoms with Gasteiger partial charge in [0.15, 0.2) is 0 Å². The molecule has 2 atom stereocenters. The Balaban J connectivity index is 1.47. The van der Waals surface area contributed by atoms with Gasteiger partial charge in [-0.3, -0.25) is 14.5 Å². The fourth-order valence-electron chi connectivity index (χ4n) is 3.57. The zero-order chi connectivity index (χ0) is 18.5. The van der Waals surface area contributed by atoms with E-state index in [0.717, 1.165) is 25.7 Å². The quantitative estimate of drug-likeness (QED) is 0.745. The van der Waals surface area contributed by atoms with Crippen molar-refractivity contribution in [1.29, 1.82) is 0 Å². The van der Waals surface area contributed by atoms with Gasteiger partial charge in [0, 0.05) is 30.4 Å². The standard InChI is InChI=1S/C21H22N4O2/c26-21(24-19-7-1-2-8-20(19)25-14-4-11-23-25)16-5-3-6-18(15-16)27-17-9-12-22-13-10-17/h3-6,9-15,19-20H,1-2,7-8H2,(H,24,26)/t19-,20+/m0/s1. The monoisotopic (exact) mass is 362 g/mol. The van der Waals surface area contributed by atoms with Crippen molar-refractivity contribution in [2.75, 3.05) is 0 Å². The van der Waals surface area contributed by atoms with E-state index >= 15 is 0 Å². The second-order valence-corrected chi connectivity index (χ2v) is 6.73. The van der Waals surface area contributed by atoms with Gasteiger partial charge in [0.05, 0.1) is 12.1 Å². The summed E-state index contributed by atoms with van der Waals surface area (Å²) in [6, 6.07) is 13.0. The molecule has 1 saturated carbocycles. The topological polar surface area (TPSA) is 69.0 Å². The van der Waals surface area contributed by atoms with Gasteiger partial charge in [0.1, 0.15) is 11.5 Å². The number of ether oxygens (including phenoxy) is 1. The highest BCUT2D eigenvalue weighted by Gasteiger charge is 2.28. The van der Waals surface area contributed by atoms with Crippen LogP contribution in [0.5, 0.6) is 11.5 Å². The molecule has 3 aromatic rings. The molecule has 1 aliphatic carbocycles. The Morgan fingerprint density at radius 3 is 2.70 bits per heavy atom. The zero-order valence-corrected chi connectivity index (χ0v) is 15.0. The molecule has 0 saturated heterocycles. The summed E-state index contributed by atoms with van der Waals surface area (Å²) in [5.41, 5.74) is 0.589. The summed E-state index contributed by atoms with van der Waals surface area (Å²) < 4.78 is 7.77. The summed E-state index contributed by atoms with van der Waals surface area (Å²) in [5.74, 6) is 1.23. The Bertz CT molecular complexity index is 880. The van der Waals surface area contributed by atoms with Crippen LogP contribution >= 0.6 is 0 Å². The first-order valence-corrected chi connectivity index (χ1v) is 9.27. The Labute approximate surface area is 158 Å². The van der Waals surface area contributed by atoms with E-state index in [1.165, 1.54) is 0 Å². The second-order valence-electron chi connectivity index (χ2n) is 6.73. The smallest absolute Gasteiger partial charge is 0.251 e. The lowest BCUT2D eigenvalue weighted by molar-refractivity contribution is 0.0905. The van der Waals surface area contributed by atoms with E-state index in [2.05, 4.69) is 15.4 Å². The molecule has 6 heteroatoms. The van der Waals surface area contributed by atoms with Crippen molar-refractivity contribution in [2.24, 2.45) is 0 Å². The third kappa shape index (κ3) is 4.16. The maximum atomic E-state index is 12.8. The van der Waals surface area contributed by atoms with Crippen molar-refractivity contribution in [1.82, 2.24) is 20.1 Å². The van der Waals surface area contributed by atoms with Gasteiger partial charge in [-0.05, 0) is 49.2 Å². The van der Waals surface area contributed by atoms with E-state index in [9.17, 15) is 4.79 Å². The van der Waals surface area contributed by atoms with E-state index in [1.54, 1.807) is 42.9 Å². The number of nitrogens with one attached hydrogen (secondary N) is 1. The van der Waals surface area contributed by atoms with Gasteiger partial charge in [0.25, 0.3) is 5.91 Å². The Hall–Kier alpha value is -3.15. The van der Waals surface area contributed by atoms with Crippen LogP contribution in [0.25, 0.3) is 0 Å². The molecule has 2 heterocycles. The average molecular weight is 362 g/mol. The van der Waals surface area contributed by atoms with Gasteiger partial charge in [-0.1, -0.05) is 18.9 Å². The molecule has 1 fully saturated rings. The molecule has 4 rings (SSSR count). The number of hydrogen-bond donors (Lipinski definition) is 1. The lowest BCUT2D eigenvalue weighted by atomic mass is 9.90. The van der Waals surface area contributed by atoms with Crippen molar-refractivity contribution in [2.45, 2.75) is 37.8 Å². The summed E-state index contributed by atoms with van der Waals surface area (Å²) >= 11 is 0. The van der Waals surface area contributed by atoms with E-state index in [-0.39, 0.29) is 18.0 Å². The first kappa shape index (κ1) is 17.3. The molecule has 0 radical (unpaired) electrons. The number of pyridine rings is 1. The van der Waals surface area contributed by atoms with Gasteiger partial charge < -0.3 is 10.1 Å². The highest BCUT2D eigenvalue weighted by Crippen LogP contribution is 2.28. The first-order valence-electron chi connectivity index (χ1n) is 9.27. The van der Waals surface area contributed by atoms with Gasteiger partial charge >= 0.3 is 0 Å². The molecule has 0 unspecified atom stereocenters. The van der Waals surface area contributed by atoms with E-state index in [0.29, 0.717) is 17.1 Å². The highest BCUT2D eigenvalue weighted by atomic mass is 16.5. The predicted octanol–water partition coefficient (Wildman–Crippen LogP) is 3.98. The fraction of sp³-hybridized carbons (Fsp3) is 0.286. The molecular formula is C21H22N4O2. The minimum absolute atomic E-state index is 0.0796. The number of rotatable bonds is 5. The maximum absolute atomic E-state index is 12.8. The average Bonchev–Trinajstić information content (AvgIpc) is 3.24. The van der Waals surface area contributed by atoms with Gasteiger partial charge in [-0.2, -0.15) is 5.10 Å². The summed E-state index contributed by atoms with van der Waals surface area (Å²) in [6.45, 7) is 0. The number of carbonyl (C=O) groups excluding carboxylic acids is 1. The third-order valence-electron chi connectivity index (χ3n) is 4.89. The Morgan fingerprint density at radius 1 is 1.04 bits per heavy atom. The Kier molecular flexibility index (Phi) is 5.14. The van der Waals surface area contributed by atoms with Crippen LogP contribution in [-0.4, -0.2) is 26.7 Å². The van der Waals surface area contributed by atoms with Crippen LogP contribution < -0.4 is 10.1 Å². The lowest BCUT2D eigenvalue weighted by Gasteiger charge is -2.32. The summed E-state index contributed by atoms with van der Waals surface area (Å²) in [7, 11) is 0. The molecule has 0 aliphatic heterocycles. The molecule has 0 bridgehead atoms. The predicted molar refractivity (Wildman–Crippen MR) is 102 cm³/mol. The largest absolute Gasteiger partial charge is 0.457 e. The molecule has 2 aromatic heterocycles. The first-order chi connectivity index (χ1) is 13.3. The minimum Gasteiger partial charge on any atom is -0.457 e. The SMILES string of the molecule is O=C(N[C@H]1CCCC[C@H]1n1cccn1)c1cccc(Oc2ccncc2)c1. The van der Waals surface area contributed by atoms with Crippen LogP contribution in [-0.2, 0) is 0 Å². The molecule has 1 aromatic carbocycles. The maximum Gasteiger partial charge on any atom is 0.251 e. The molecule has 6 nitrogen and oxygen atoms in total. The van der Waals surface area contributed by atoms with Crippen molar-refractivity contribution in [3.63, 3.8) is 0 Å². The highest BCUT2D eigenvalue weighted by molar-refractivity contribution is 5.94. The van der Waals surface area contributed by atoms with Crippen molar-refractivity contribution < 1.29 is 9.53 Å². The minimum atomic E-state index is -0.0840. The van der Waals surface area contributed by atoms with Crippen LogP contribution in [0.15, 0.2) is 67.3 Å². The number of carbonyl (C=O) groups is 1. The van der Waals surface area contributed by atoms with Crippen molar-refractivity contribution >= 4 is 5.91 Å². The summed E-state index contributed by atoms with van der Waals surface area (Å²) in [6.07, 6.45) is 11.4. The molecule has 0 spiro atoms. The van der Waals surface area contributed by atoms with Crippen LogP contribution in [0.4, 0.5) is 0 Å². The number of aromatic nitrogens is 3. The number of hydrogen-bond acceptors (Lipinski definition) is 4. The van der Waals surface area contributed by atoms with Crippen molar-refractivity contribution in [3.05, 3.63) is 72.8 Å². The van der Waals surface area contributed by atoms with Crippen molar-refractivity contribution in [3.8, 4) is 11.5 Å². The molecule has 1 aliphatic rings. The van der Waals surface area contributed by atoms with Gasteiger partial charge in [-0.25, -0.2) is 0 Å². The molecule has 1 amide bonds. The number of nitrogens with zero attached hydrogens (tertiary/aromatic N) is 3. The second kappa shape index (κ2) is 8.03. The number of amides is 1. The fourth-order valence-corrected chi connectivity index (χ4v) is 3.57. The summed E-state index contributed by atoms with van der Waals surface area (Å²) in [4.78, 5) is 16.8. The third-order valence-corrected chi connectivity index (χ3v) is 4.89. The van der Waals surface area contributed by atoms with Gasteiger partial charge in [-0.15, -0.1) is 0 Å². The zero-order valence-electron chi connectivity index (χ0n) is 15.0. The van der Waals surface area contributed by atoms with Crippen LogP contribution in [0, 0.1) is 0 Å².